The first kappa shape index (κ1) is 13.3. The van der Waals surface area contributed by atoms with Gasteiger partial charge in [-0.1, -0.05) is 19.3 Å². The highest BCUT2D eigenvalue weighted by molar-refractivity contribution is 5.53. The van der Waals surface area contributed by atoms with Gasteiger partial charge in [0.05, 0.1) is 6.61 Å². The van der Waals surface area contributed by atoms with Crippen LogP contribution in [0.5, 0.6) is 5.75 Å². The Bertz CT molecular complexity index is 369. The second kappa shape index (κ2) is 6.67. The summed E-state index contributed by atoms with van der Waals surface area (Å²) in [5, 5.41) is 3.60. The lowest BCUT2D eigenvalue weighted by Gasteiger charge is -2.23. The number of aryl methyl sites for hydroxylation is 1. The lowest BCUT2D eigenvalue weighted by atomic mass is 9.89. The molecule has 1 N–H and O–H groups in total. The average molecular weight is 247 g/mol. The van der Waals surface area contributed by atoms with Crippen molar-refractivity contribution < 1.29 is 4.74 Å². The topological polar surface area (TPSA) is 21.3 Å². The van der Waals surface area contributed by atoms with E-state index in [9.17, 15) is 0 Å². The van der Waals surface area contributed by atoms with Crippen molar-refractivity contribution in [1.29, 1.82) is 0 Å². The van der Waals surface area contributed by atoms with Crippen LogP contribution in [0.2, 0.25) is 0 Å². The number of rotatable bonds is 5. The highest BCUT2D eigenvalue weighted by Crippen LogP contribution is 2.26. The standard InChI is InChI=1S/C16H25NO/c1-3-18-15-9-10-16(13(2)11-15)17-12-14-7-5-4-6-8-14/h9-11,14,17H,3-8,12H2,1-2H3. The van der Waals surface area contributed by atoms with Crippen molar-refractivity contribution in [3.8, 4) is 5.75 Å². The molecule has 0 radical (unpaired) electrons. The molecule has 2 heteroatoms. The van der Waals surface area contributed by atoms with Gasteiger partial charge in [-0.15, -0.1) is 0 Å². The maximum absolute atomic E-state index is 5.51. The molecule has 1 fully saturated rings. The molecule has 0 saturated heterocycles. The molecule has 0 spiro atoms. The van der Waals surface area contributed by atoms with E-state index >= 15 is 0 Å². The second-order valence-electron chi connectivity index (χ2n) is 5.29. The maximum Gasteiger partial charge on any atom is 0.119 e. The molecular weight excluding hydrogens is 222 g/mol. The molecule has 1 aromatic carbocycles. The molecular formula is C16H25NO. The van der Waals surface area contributed by atoms with Gasteiger partial charge < -0.3 is 10.1 Å². The molecule has 0 bridgehead atoms. The fourth-order valence-electron chi connectivity index (χ4n) is 2.74. The van der Waals surface area contributed by atoms with Crippen LogP contribution in [0, 0.1) is 12.8 Å². The Kier molecular flexibility index (Phi) is 4.91. The molecule has 1 aromatic rings. The molecule has 0 aromatic heterocycles. The summed E-state index contributed by atoms with van der Waals surface area (Å²) in [7, 11) is 0. The maximum atomic E-state index is 5.51. The first-order valence-corrected chi connectivity index (χ1v) is 7.27. The monoisotopic (exact) mass is 247 g/mol. The number of hydrogen-bond acceptors (Lipinski definition) is 2. The van der Waals surface area contributed by atoms with Gasteiger partial charge in [0, 0.05) is 12.2 Å². The molecule has 2 nitrogen and oxygen atoms in total. The minimum absolute atomic E-state index is 0.730. The molecule has 0 aliphatic heterocycles. The van der Waals surface area contributed by atoms with E-state index in [2.05, 4.69) is 30.4 Å². The molecule has 0 unspecified atom stereocenters. The number of anilines is 1. The van der Waals surface area contributed by atoms with Gasteiger partial charge in [0.2, 0.25) is 0 Å². The largest absolute Gasteiger partial charge is 0.494 e. The van der Waals surface area contributed by atoms with Gasteiger partial charge in [-0.2, -0.15) is 0 Å². The quantitative estimate of drug-likeness (QED) is 0.833. The lowest BCUT2D eigenvalue weighted by molar-refractivity contribution is 0.340. The van der Waals surface area contributed by atoms with Crippen molar-refractivity contribution in [2.75, 3.05) is 18.5 Å². The Hall–Kier alpha value is -1.18. The van der Waals surface area contributed by atoms with Crippen molar-refractivity contribution in [2.24, 2.45) is 5.92 Å². The van der Waals surface area contributed by atoms with E-state index in [-0.39, 0.29) is 0 Å². The molecule has 100 valence electrons. The van der Waals surface area contributed by atoms with E-state index < -0.39 is 0 Å². The minimum Gasteiger partial charge on any atom is -0.494 e. The number of nitrogens with one attached hydrogen (secondary N) is 1. The van der Waals surface area contributed by atoms with Crippen molar-refractivity contribution in [1.82, 2.24) is 0 Å². The van der Waals surface area contributed by atoms with Gasteiger partial charge in [-0.05, 0) is 56.4 Å². The van der Waals surface area contributed by atoms with Crippen molar-refractivity contribution >= 4 is 5.69 Å². The predicted molar refractivity (Wildman–Crippen MR) is 77.4 cm³/mol. The molecule has 2 rings (SSSR count). The molecule has 1 saturated carbocycles. The van der Waals surface area contributed by atoms with Crippen LogP contribution in [0.25, 0.3) is 0 Å². The third kappa shape index (κ3) is 3.66. The number of benzene rings is 1. The Morgan fingerprint density at radius 1 is 1.22 bits per heavy atom. The van der Waals surface area contributed by atoms with Gasteiger partial charge in [-0.3, -0.25) is 0 Å². The Balaban J connectivity index is 1.88. The summed E-state index contributed by atoms with van der Waals surface area (Å²) in [6.45, 7) is 6.01. The van der Waals surface area contributed by atoms with Crippen LogP contribution in [-0.4, -0.2) is 13.2 Å². The molecule has 18 heavy (non-hydrogen) atoms. The van der Waals surface area contributed by atoms with E-state index in [1.807, 2.05) is 6.92 Å². The van der Waals surface area contributed by atoms with E-state index in [1.54, 1.807) is 0 Å². The summed E-state index contributed by atoms with van der Waals surface area (Å²) in [6.07, 6.45) is 7.04. The van der Waals surface area contributed by atoms with E-state index in [0.29, 0.717) is 0 Å². The fourth-order valence-corrected chi connectivity index (χ4v) is 2.74. The zero-order valence-corrected chi connectivity index (χ0v) is 11.7. The Morgan fingerprint density at radius 2 is 2.00 bits per heavy atom. The first-order chi connectivity index (χ1) is 8.79. The number of ether oxygens (including phenoxy) is 1. The third-order valence-corrected chi connectivity index (χ3v) is 3.81. The zero-order valence-electron chi connectivity index (χ0n) is 11.7. The van der Waals surface area contributed by atoms with Gasteiger partial charge in [0.25, 0.3) is 0 Å². The summed E-state index contributed by atoms with van der Waals surface area (Å²) in [4.78, 5) is 0. The van der Waals surface area contributed by atoms with Gasteiger partial charge in [-0.25, -0.2) is 0 Å². The summed E-state index contributed by atoms with van der Waals surface area (Å²) < 4.78 is 5.51. The van der Waals surface area contributed by atoms with Crippen LogP contribution in [-0.2, 0) is 0 Å². The Morgan fingerprint density at radius 3 is 2.67 bits per heavy atom. The minimum atomic E-state index is 0.730. The lowest BCUT2D eigenvalue weighted by Crippen LogP contribution is -2.17. The summed E-state index contributed by atoms with van der Waals surface area (Å²) in [5.74, 6) is 1.84. The molecule has 0 atom stereocenters. The summed E-state index contributed by atoms with van der Waals surface area (Å²) >= 11 is 0. The van der Waals surface area contributed by atoms with Crippen LogP contribution in [0.4, 0.5) is 5.69 Å². The van der Waals surface area contributed by atoms with E-state index in [0.717, 1.165) is 24.8 Å². The average Bonchev–Trinajstić information content (AvgIpc) is 2.39. The molecule has 0 amide bonds. The first-order valence-electron chi connectivity index (χ1n) is 7.27. The highest BCUT2D eigenvalue weighted by atomic mass is 16.5. The van der Waals surface area contributed by atoms with Crippen LogP contribution >= 0.6 is 0 Å². The van der Waals surface area contributed by atoms with Crippen molar-refractivity contribution in [2.45, 2.75) is 46.0 Å². The molecule has 1 aliphatic rings. The summed E-state index contributed by atoms with van der Waals surface area (Å²) in [5.41, 5.74) is 2.53. The van der Waals surface area contributed by atoms with Gasteiger partial charge >= 0.3 is 0 Å². The SMILES string of the molecule is CCOc1ccc(NCC2CCCCC2)c(C)c1. The van der Waals surface area contributed by atoms with E-state index in [1.165, 1.54) is 43.4 Å². The van der Waals surface area contributed by atoms with Crippen LogP contribution < -0.4 is 10.1 Å². The summed E-state index contributed by atoms with van der Waals surface area (Å²) in [6, 6.07) is 6.32. The normalized spacial score (nSPS) is 16.6. The van der Waals surface area contributed by atoms with Crippen LogP contribution in [0.3, 0.4) is 0 Å². The van der Waals surface area contributed by atoms with Crippen molar-refractivity contribution in [3.05, 3.63) is 23.8 Å². The van der Waals surface area contributed by atoms with Gasteiger partial charge in [0.1, 0.15) is 5.75 Å². The Labute approximate surface area is 111 Å². The highest BCUT2D eigenvalue weighted by Gasteiger charge is 2.13. The second-order valence-corrected chi connectivity index (χ2v) is 5.29. The molecule has 0 heterocycles. The smallest absolute Gasteiger partial charge is 0.119 e. The number of hydrogen-bond donors (Lipinski definition) is 1. The van der Waals surface area contributed by atoms with Crippen LogP contribution in [0.15, 0.2) is 18.2 Å². The third-order valence-electron chi connectivity index (χ3n) is 3.81. The van der Waals surface area contributed by atoms with E-state index in [4.69, 9.17) is 4.74 Å². The van der Waals surface area contributed by atoms with Crippen LogP contribution in [0.1, 0.15) is 44.6 Å². The zero-order chi connectivity index (χ0) is 12.8. The predicted octanol–water partition coefficient (Wildman–Crippen LogP) is 4.39. The fraction of sp³-hybridized carbons (Fsp3) is 0.625. The van der Waals surface area contributed by atoms with Gasteiger partial charge in [0.15, 0.2) is 0 Å². The van der Waals surface area contributed by atoms with Crippen molar-refractivity contribution in [3.63, 3.8) is 0 Å². The molecule has 1 aliphatic carbocycles.